The summed E-state index contributed by atoms with van der Waals surface area (Å²) in [6.45, 7) is -0.743. The fraction of sp³-hybridized carbons (Fsp3) is 1.00. The molecule has 0 aromatic carbocycles. The number of aliphatic hydroxyl groups excluding tert-OH is 4. The Kier molecular flexibility index (Phi) is 12.2. The Balaban J connectivity index is -0.000000853. The maximum atomic E-state index is 10.3. The van der Waals surface area contributed by atoms with Crippen LogP contribution < -0.4 is 22.1 Å². The molecule has 0 saturated carbocycles. The first-order valence-electron chi connectivity index (χ1n) is 4.27. The second kappa shape index (κ2) is 9.45. The molecule has 120 valence electrons. The van der Waals surface area contributed by atoms with Gasteiger partial charge in [-0.1, -0.05) is 0 Å². The van der Waals surface area contributed by atoms with Crippen LogP contribution in [0.15, 0.2) is 0 Å². The molecule has 5 atom stereocenters. The van der Waals surface area contributed by atoms with Crippen LogP contribution in [0.4, 0.5) is 0 Å². The predicted molar refractivity (Wildman–Crippen MR) is 52.5 cm³/mol. The SMILES string of the molecule is N.N.O=P([O-])([O-])O[C@H]1O[C@H](CO)[C@@H](O)[C@H](O)[C@H]1O.[Pt+2]. The Morgan fingerprint density at radius 1 is 1.11 bits per heavy atom. The van der Waals surface area contributed by atoms with Crippen LogP contribution in [-0.2, 0) is 34.9 Å². The van der Waals surface area contributed by atoms with Gasteiger partial charge < -0.3 is 56.3 Å². The molecule has 0 aromatic heterocycles. The third kappa shape index (κ3) is 6.67. The van der Waals surface area contributed by atoms with E-state index >= 15 is 0 Å². The van der Waals surface area contributed by atoms with Crippen molar-refractivity contribution in [2.24, 2.45) is 0 Å². The summed E-state index contributed by atoms with van der Waals surface area (Å²) < 4.78 is 18.7. The predicted octanol–water partition coefficient (Wildman–Crippen LogP) is -4.05. The number of ether oxygens (including phenoxy) is 1. The van der Waals surface area contributed by atoms with Gasteiger partial charge in [-0.3, -0.25) is 0 Å². The molecule has 13 heteroatoms. The zero-order chi connectivity index (χ0) is 12.5. The molecule has 0 amide bonds. The Bertz CT molecular complexity index is 290. The van der Waals surface area contributed by atoms with E-state index in [0.717, 1.165) is 0 Å². The van der Waals surface area contributed by atoms with Crippen LogP contribution in [0.5, 0.6) is 0 Å². The third-order valence-corrected chi connectivity index (χ3v) is 2.55. The van der Waals surface area contributed by atoms with Crippen molar-refractivity contribution in [3.05, 3.63) is 0 Å². The molecule has 11 nitrogen and oxygen atoms in total. The van der Waals surface area contributed by atoms with E-state index in [4.69, 9.17) is 5.11 Å². The fourth-order valence-electron chi connectivity index (χ4n) is 1.28. The molecular formula is C6H17N2O9PPt. The topological polar surface area (TPSA) is 233 Å². The molecule has 0 bridgehead atoms. The molecule has 0 aliphatic carbocycles. The first-order chi connectivity index (χ1) is 7.26. The minimum Gasteiger partial charge on any atom is -0.790 e. The van der Waals surface area contributed by atoms with E-state index in [-0.39, 0.29) is 33.4 Å². The molecule has 1 saturated heterocycles. The van der Waals surface area contributed by atoms with Gasteiger partial charge in [0.2, 0.25) is 0 Å². The van der Waals surface area contributed by atoms with Gasteiger partial charge in [-0.2, -0.15) is 0 Å². The van der Waals surface area contributed by atoms with E-state index in [1.54, 1.807) is 0 Å². The second-order valence-electron chi connectivity index (χ2n) is 3.25. The molecule has 1 aliphatic heterocycles. The van der Waals surface area contributed by atoms with Crippen LogP contribution >= 0.6 is 7.82 Å². The maximum absolute atomic E-state index is 10.3. The summed E-state index contributed by atoms with van der Waals surface area (Å²) in [4.78, 5) is 20.6. The van der Waals surface area contributed by atoms with E-state index in [1.165, 1.54) is 0 Å². The van der Waals surface area contributed by atoms with E-state index in [9.17, 15) is 29.7 Å². The zero-order valence-corrected chi connectivity index (χ0v) is 12.8. The number of aliphatic hydroxyl groups is 4. The van der Waals surface area contributed by atoms with E-state index in [1.807, 2.05) is 0 Å². The summed E-state index contributed by atoms with van der Waals surface area (Å²) in [5.74, 6) is 0. The Morgan fingerprint density at radius 2 is 1.58 bits per heavy atom. The van der Waals surface area contributed by atoms with Gasteiger partial charge in [0.25, 0.3) is 0 Å². The van der Waals surface area contributed by atoms with Gasteiger partial charge in [-0.15, -0.1) is 0 Å². The quantitative estimate of drug-likeness (QED) is 0.210. The number of hydrogen-bond donors (Lipinski definition) is 6. The van der Waals surface area contributed by atoms with Crippen LogP contribution in [0, 0.1) is 0 Å². The summed E-state index contributed by atoms with van der Waals surface area (Å²) in [7, 11) is -5.41. The smallest absolute Gasteiger partial charge is 0.790 e. The minimum atomic E-state index is -5.41. The van der Waals surface area contributed by atoms with Crippen LogP contribution in [0.1, 0.15) is 0 Å². The van der Waals surface area contributed by atoms with Crippen molar-refractivity contribution in [3.63, 3.8) is 0 Å². The summed E-state index contributed by atoms with van der Waals surface area (Å²) in [6.07, 6.45) is -8.61. The van der Waals surface area contributed by atoms with Crippen molar-refractivity contribution >= 4 is 7.82 Å². The van der Waals surface area contributed by atoms with Crippen molar-refractivity contribution in [3.8, 4) is 0 Å². The first-order valence-corrected chi connectivity index (χ1v) is 5.73. The van der Waals surface area contributed by atoms with Crippen LogP contribution in [0.3, 0.4) is 0 Å². The minimum absolute atomic E-state index is 0. The number of rotatable bonds is 3. The average molecular weight is 487 g/mol. The second-order valence-corrected chi connectivity index (χ2v) is 4.36. The van der Waals surface area contributed by atoms with Gasteiger partial charge in [0, 0.05) is 0 Å². The summed E-state index contributed by atoms with van der Waals surface area (Å²) in [5.41, 5.74) is 0. The maximum Gasteiger partial charge on any atom is 2.00 e. The molecule has 0 aromatic rings. The molecule has 0 radical (unpaired) electrons. The third-order valence-electron chi connectivity index (χ3n) is 2.08. The van der Waals surface area contributed by atoms with Crippen molar-refractivity contribution < 1.29 is 65.1 Å². The molecule has 19 heavy (non-hydrogen) atoms. The molecule has 1 aliphatic rings. The fourth-order valence-corrected chi connectivity index (χ4v) is 1.71. The molecule has 10 N–H and O–H groups in total. The van der Waals surface area contributed by atoms with Gasteiger partial charge >= 0.3 is 21.1 Å². The average Bonchev–Trinajstić information content (AvgIpc) is 2.17. The molecule has 0 spiro atoms. The number of hydrogen-bond acceptors (Lipinski definition) is 11. The number of phosphoric ester groups is 1. The van der Waals surface area contributed by atoms with Crippen molar-refractivity contribution in [1.82, 2.24) is 12.3 Å². The van der Waals surface area contributed by atoms with Crippen LogP contribution in [0.2, 0.25) is 0 Å². The summed E-state index contributed by atoms with van der Waals surface area (Å²) in [5, 5.41) is 36.5. The van der Waals surface area contributed by atoms with Crippen molar-refractivity contribution in [2.75, 3.05) is 6.61 Å². The Morgan fingerprint density at radius 3 is 1.95 bits per heavy atom. The van der Waals surface area contributed by atoms with Gasteiger partial charge in [0.15, 0.2) is 6.29 Å². The van der Waals surface area contributed by atoms with E-state index < -0.39 is 45.1 Å². The Labute approximate surface area is 123 Å². The molecule has 1 fully saturated rings. The van der Waals surface area contributed by atoms with Crippen molar-refractivity contribution in [2.45, 2.75) is 30.7 Å². The van der Waals surface area contributed by atoms with Crippen molar-refractivity contribution in [1.29, 1.82) is 0 Å². The first kappa shape index (κ1) is 24.5. The summed E-state index contributed by atoms with van der Waals surface area (Å²) >= 11 is 0. The monoisotopic (exact) mass is 487 g/mol. The van der Waals surface area contributed by atoms with Gasteiger partial charge in [-0.05, 0) is 0 Å². The largest absolute Gasteiger partial charge is 2.00 e. The van der Waals surface area contributed by atoms with Crippen LogP contribution in [-0.4, -0.2) is 57.7 Å². The molecule has 1 rings (SSSR count). The Hall–Kier alpha value is 0.518. The van der Waals surface area contributed by atoms with Gasteiger partial charge in [-0.25, -0.2) is 0 Å². The van der Waals surface area contributed by atoms with Gasteiger partial charge in [0.1, 0.15) is 24.4 Å². The standard InChI is InChI=1S/C6H13O9P.2H3N.Pt/c7-1-2-3(8)4(9)5(10)6(14-2)15-16(11,12)13;;;/h2-10H,1H2,(H2,11,12,13);2*1H3;/q;;;+2/p-2/t2-,3-,4+,5-,6-;;;/m1.../s1. The van der Waals surface area contributed by atoms with Gasteiger partial charge in [0.05, 0.1) is 14.4 Å². The zero-order valence-electron chi connectivity index (χ0n) is 9.60. The molecular weight excluding hydrogens is 470 g/mol. The van der Waals surface area contributed by atoms with Crippen LogP contribution in [0.25, 0.3) is 0 Å². The molecule has 0 unspecified atom stereocenters. The normalized spacial score (nSPS) is 34.5. The van der Waals surface area contributed by atoms with E-state index in [2.05, 4.69) is 9.26 Å². The molecule has 1 heterocycles. The summed E-state index contributed by atoms with van der Waals surface area (Å²) in [6, 6.07) is 0. The van der Waals surface area contributed by atoms with E-state index in [0.29, 0.717) is 0 Å². The number of phosphoric acid groups is 1.